The highest BCUT2D eigenvalue weighted by molar-refractivity contribution is 5.71. The van der Waals surface area contributed by atoms with Crippen molar-refractivity contribution in [1.82, 2.24) is 0 Å². The average Bonchev–Trinajstić information content (AvgIpc) is 2.46. The van der Waals surface area contributed by atoms with E-state index in [1.807, 2.05) is 21.1 Å². The largest absolute Gasteiger partial charge is 0.550 e. The van der Waals surface area contributed by atoms with Crippen LogP contribution in [0.5, 0.6) is 0 Å². The topological polar surface area (TPSA) is 107 Å². The summed E-state index contributed by atoms with van der Waals surface area (Å²) in [5.41, 5.74) is 0. The van der Waals surface area contributed by atoms with Crippen LogP contribution in [0.3, 0.4) is 0 Å². The first kappa shape index (κ1) is 24.8. The molecule has 7 heteroatoms. The van der Waals surface area contributed by atoms with Crippen molar-refractivity contribution < 1.29 is 34.1 Å². The van der Waals surface area contributed by atoms with Gasteiger partial charge in [-0.05, 0) is 19.3 Å². The second-order valence-electron chi connectivity index (χ2n) is 8.10. The highest BCUT2D eigenvalue weighted by Gasteiger charge is 2.23. The average molecular weight is 376 g/mol. The molecule has 0 aliphatic heterocycles. The van der Waals surface area contributed by atoms with Gasteiger partial charge in [-0.15, -0.1) is 0 Å². The number of aliphatic hydroxyl groups is 2. The Morgan fingerprint density at radius 1 is 0.962 bits per heavy atom. The minimum Gasteiger partial charge on any atom is -0.550 e. The van der Waals surface area contributed by atoms with Gasteiger partial charge in [-0.1, -0.05) is 32.6 Å². The molecule has 26 heavy (non-hydrogen) atoms. The van der Waals surface area contributed by atoms with Gasteiger partial charge >= 0.3 is 5.97 Å². The lowest BCUT2D eigenvalue weighted by atomic mass is 10.0. The summed E-state index contributed by atoms with van der Waals surface area (Å²) in [7, 11) is 5.62. The van der Waals surface area contributed by atoms with Gasteiger partial charge in [0.15, 0.2) is 6.10 Å². The number of hydrogen-bond acceptors (Lipinski definition) is 6. The van der Waals surface area contributed by atoms with Gasteiger partial charge in [0.25, 0.3) is 0 Å². The van der Waals surface area contributed by atoms with Crippen LogP contribution in [0.2, 0.25) is 0 Å². The summed E-state index contributed by atoms with van der Waals surface area (Å²) >= 11 is 0. The molecule has 0 radical (unpaired) electrons. The molecule has 0 spiro atoms. The first-order valence-corrected chi connectivity index (χ1v) is 9.59. The van der Waals surface area contributed by atoms with E-state index in [1.54, 1.807) is 0 Å². The van der Waals surface area contributed by atoms with E-state index in [0.29, 0.717) is 23.9 Å². The van der Waals surface area contributed by atoms with E-state index in [4.69, 9.17) is 4.74 Å². The highest BCUT2D eigenvalue weighted by atomic mass is 16.5. The number of esters is 1. The molecule has 0 aliphatic carbocycles. The predicted octanol–water partition coefficient (Wildman–Crippen LogP) is 0.607. The molecule has 3 unspecified atom stereocenters. The Morgan fingerprint density at radius 2 is 1.50 bits per heavy atom. The second-order valence-corrected chi connectivity index (χ2v) is 8.10. The first-order chi connectivity index (χ1) is 12.0. The van der Waals surface area contributed by atoms with Crippen LogP contribution in [0.1, 0.15) is 64.7 Å². The van der Waals surface area contributed by atoms with Crippen LogP contribution in [0.4, 0.5) is 0 Å². The fourth-order valence-electron chi connectivity index (χ4n) is 2.81. The minimum absolute atomic E-state index is 0.154. The molecular formula is C19H37NO6. The fourth-order valence-corrected chi connectivity index (χ4v) is 2.81. The molecular weight excluding hydrogens is 338 g/mol. The molecule has 0 rings (SSSR count). The maximum Gasteiger partial charge on any atom is 0.308 e. The van der Waals surface area contributed by atoms with Crippen LogP contribution in [0.15, 0.2) is 0 Å². The molecule has 3 atom stereocenters. The van der Waals surface area contributed by atoms with E-state index in [9.17, 15) is 24.9 Å². The Hall–Kier alpha value is -1.18. The maximum absolute atomic E-state index is 11.9. The summed E-state index contributed by atoms with van der Waals surface area (Å²) in [5, 5.41) is 30.5. The third-order valence-corrected chi connectivity index (χ3v) is 4.06. The van der Waals surface area contributed by atoms with Crippen molar-refractivity contribution in [3.8, 4) is 0 Å². The van der Waals surface area contributed by atoms with Gasteiger partial charge in [0.05, 0.1) is 39.8 Å². The van der Waals surface area contributed by atoms with Crippen molar-refractivity contribution in [3.05, 3.63) is 0 Å². The zero-order valence-corrected chi connectivity index (χ0v) is 16.8. The molecule has 2 N–H and O–H groups in total. The van der Waals surface area contributed by atoms with Crippen LogP contribution in [0, 0.1) is 0 Å². The predicted molar refractivity (Wildman–Crippen MR) is 97.0 cm³/mol. The van der Waals surface area contributed by atoms with Crippen molar-refractivity contribution in [2.24, 2.45) is 0 Å². The molecule has 0 heterocycles. The lowest BCUT2D eigenvalue weighted by Crippen LogP contribution is -2.45. The van der Waals surface area contributed by atoms with E-state index >= 15 is 0 Å². The van der Waals surface area contributed by atoms with Crippen molar-refractivity contribution >= 4 is 11.9 Å². The third kappa shape index (κ3) is 15.1. The van der Waals surface area contributed by atoms with E-state index < -0.39 is 24.1 Å². The zero-order valence-electron chi connectivity index (χ0n) is 16.8. The Labute approximate surface area is 157 Å². The third-order valence-electron chi connectivity index (χ3n) is 4.06. The molecule has 7 nitrogen and oxygen atoms in total. The molecule has 154 valence electrons. The number of ether oxygens (including phenoxy) is 1. The number of likely N-dealkylation sites (N-methyl/N-ethyl adjacent to an activating group) is 1. The van der Waals surface area contributed by atoms with Crippen LogP contribution >= 0.6 is 0 Å². The van der Waals surface area contributed by atoms with Crippen LogP contribution in [0.25, 0.3) is 0 Å². The normalized spacial score (nSPS) is 15.3. The number of carbonyl (C=O) groups is 2. The zero-order chi connectivity index (χ0) is 20.2. The smallest absolute Gasteiger partial charge is 0.308 e. The Morgan fingerprint density at radius 3 is 2.00 bits per heavy atom. The summed E-state index contributed by atoms with van der Waals surface area (Å²) in [4.78, 5) is 22.8. The lowest BCUT2D eigenvalue weighted by Gasteiger charge is -2.29. The Bertz CT molecular complexity index is 407. The van der Waals surface area contributed by atoms with Gasteiger partial charge in [-0.2, -0.15) is 0 Å². The summed E-state index contributed by atoms with van der Waals surface area (Å²) in [5.74, 6) is -1.86. The Balaban J connectivity index is 4.12. The van der Waals surface area contributed by atoms with Crippen molar-refractivity contribution in [3.63, 3.8) is 0 Å². The lowest BCUT2D eigenvalue weighted by molar-refractivity contribution is -0.873. The van der Waals surface area contributed by atoms with Crippen molar-refractivity contribution in [2.75, 3.05) is 27.7 Å². The number of quaternary nitrogens is 1. The quantitative estimate of drug-likeness (QED) is 0.247. The van der Waals surface area contributed by atoms with Crippen molar-refractivity contribution in [2.45, 2.75) is 83.0 Å². The number of carboxylic acid groups (broad SMARTS) is 1. The molecule has 0 aromatic heterocycles. The molecule has 0 saturated carbocycles. The van der Waals surface area contributed by atoms with Gasteiger partial charge in [0.2, 0.25) is 0 Å². The fraction of sp³-hybridized carbons (Fsp3) is 0.895. The van der Waals surface area contributed by atoms with Gasteiger partial charge in [0, 0.05) is 12.4 Å². The van der Waals surface area contributed by atoms with Crippen LogP contribution in [-0.2, 0) is 14.3 Å². The van der Waals surface area contributed by atoms with Gasteiger partial charge in [-0.25, -0.2) is 0 Å². The summed E-state index contributed by atoms with van der Waals surface area (Å²) < 4.78 is 5.67. The van der Waals surface area contributed by atoms with E-state index in [1.165, 1.54) is 0 Å². The second kappa shape index (κ2) is 13.1. The van der Waals surface area contributed by atoms with Gasteiger partial charge in [-0.3, -0.25) is 4.79 Å². The van der Waals surface area contributed by atoms with E-state index in [2.05, 4.69) is 6.92 Å². The Kier molecular flexibility index (Phi) is 12.5. The van der Waals surface area contributed by atoms with Gasteiger partial charge < -0.3 is 29.3 Å². The molecule has 0 saturated heterocycles. The molecule has 0 aromatic rings. The number of nitrogens with zero attached hydrogens (tertiary/aromatic N) is 1. The number of rotatable bonds is 15. The monoisotopic (exact) mass is 375 g/mol. The molecule has 0 bridgehead atoms. The van der Waals surface area contributed by atoms with E-state index in [0.717, 1.165) is 32.1 Å². The number of hydrogen-bond donors (Lipinski definition) is 2. The molecule has 0 amide bonds. The molecule has 0 fully saturated rings. The van der Waals surface area contributed by atoms with Crippen molar-refractivity contribution in [1.29, 1.82) is 0 Å². The van der Waals surface area contributed by atoms with Crippen LogP contribution in [-0.4, -0.2) is 72.6 Å². The first-order valence-electron chi connectivity index (χ1n) is 9.59. The van der Waals surface area contributed by atoms with Gasteiger partial charge in [0.1, 0.15) is 6.54 Å². The number of carboxylic acids is 1. The molecule has 0 aliphatic rings. The summed E-state index contributed by atoms with van der Waals surface area (Å²) in [6, 6.07) is 0. The van der Waals surface area contributed by atoms with E-state index in [-0.39, 0.29) is 18.9 Å². The maximum atomic E-state index is 11.9. The van der Waals surface area contributed by atoms with Crippen LogP contribution < -0.4 is 5.11 Å². The SMILES string of the molecule is CCCCC(O)CCCCC(O)CC(=O)OC(CC(=O)[O-])C[N+](C)(C)C. The standard InChI is InChI=1S/C19H37NO6/c1-5-6-9-15(21)10-7-8-11-16(22)12-19(25)26-17(13-18(23)24)14-20(2,3)4/h15-17,21-22H,5-14H2,1-4H3. The minimum atomic E-state index is -1.27. The summed E-state index contributed by atoms with van der Waals surface area (Å²) in [6.45, 7) is 2.44. The number of carbonyl (C=O) groups excluding carboxylic acids is 2. The number of aliphatic hydroxyl groups excluding tert-OH is 2. The highest BCUT2D eigenvalue weighted by Crippen LogP contribution is 2.13. The number of unbranched alkanes of at least 4 members (excludes halogenated alkanes) is 2. The molecule has 0 aromatic carbocycles. The summed E-state index contributed by atoms with van der Waals surface area (Å²) in [6.07, 6.45) is 3.16. The number of aliphatic carboxylic acids is 1.